The van der Waals surface area contributed by atoms with Crippen LogP contribution in [0.25, 0.3) is 0 Å². The monoisotopic (exact) mass is 291 g/mol. The average Bonchev–Trinajstić information content (AvgIpc) is 2.34. The van der Waals surface area contributed by atoms with Gasteiger partial charge in [-0.05, 0) is 28.0 Å². The van der Waals surface area contributed by atoms with Crippen molar-refractivity contribution in [2.75, 3.05) is 13.2 Å². The lowest BCUT2D eigenvalue weighted by atomic mass is 9.80. The molecule has 21 heavy (non-hydrogen) atoms. The molecule has 0 heterocycles. The van der Waals surface area contributed by atoms with E-state index in [0.717, 1.165) is 5.75 Å². The highest BCUT2D eigenvalue weighted by atomic mass is 16.5. The zero-order chi connectivity index (χ0) is 16.5. The maximum absolute atomic E-state index is 6.11. The number of rotatable bonds is 4. The SMILES string of the molecule is CC(C)(CN)COc1ccc(C(C)(C)C)cc1C(C)(C)C. The van der Waals surface area contributed by atoms with Crippen molar-refractivity contribution in [1.82, 2.24) is 0 Å². The Hall–Kier alpha value is -1.02. The van der Waals surface area contributed by atoms with Gasteiger partial charge in [0.05, 0.1) is 6.61 Å². The van der Waals surface area contributed by atoms with Crippen molar-refractivity contribution in [3.05, 3.63) is 29.3 Å². The van der Waals surface area contributed by atoms with Crippen LogP contribution < -0.4 is 10.5 Å². The highest BCUT2D eigenvalue weighted by molar-refractivity contribution is 5.43. The normalized spacial score (nSPS) is 13.4. The number of hydrogen-bond acceptors (Lipinski definition) is 2. The Balaban J connectivity index is 3.15. The van der Waals surface area contributed by atoms with E-state index in [9.17, 15) is 0 Å². The predicted molar refractivity (Wildman–Crippen MR) is 92.2 cm³/mol. The second-order valence-electron chi connectivity index (χ2n) is 8.87. The summed E-state index contributed by atoms with van der Waals surface area (Å²) in [5.41, 5.74) is 8.61. The number of ether oxygens (including phenoxy) is 1. The third-order valence-electron chi connectivity index (χ3n) is 3.82. The summed E-state index contributed by atoms with van der Waals surface area (Å²) in [5, 5.41) is 0. The molecule has 0 fully saturated rings. The summed E-state index contributed by atoms with van der Waals surface area (Å²) in [7, 11) is 0. The van der Waals surface area contributed by atoms with Gasteiger partial charge >= 0.3 is 0 Å². The van der Waals surface area contributed by atoms with E-state index in [1.54, 1.807) is 0 Å². The van der Waals surface area contributed by atoms with Gasteiger partial charge in [-0.1, -0.05) is 67.5 Å². The molecule has 0 radical (unpaired) electrons. The van der Waals surface area contributed by atoms with Crippen LogP contribution in [0.5, 0.6) is 5.75 Å². The van der Waals surface area contributed by atoms with Gasteiger partial charge in [0.15, 0.2) is 0 Å². The van der Waals surface area contributed by atoms with Crippen molar-refractivity contribution in [3.63, 3.8) is 0 Å². The summed E-state index contributed by atoms with van der Waals surface area (Å²) in [6.45, 7) is 19.0. The van der Waals surface area contributed by atoms with Gasteiger partial charge in [-0.2, -0.15) is 0 Å². The van der Waals surface area contributed by atoms with Gasteiger partial charge in [0.25, 0.3) is 0 Å². The van der Waals surface area contributed by atoms with Gasteiger partial charge in [-0.25, -0.2) is 0 Å². The van der Waals surface area contributed by atoms with Crippen molar-refractivity contribution < 1.29 is 4.74 Å². The molecule has 2 N–H and O–H groups in total. The minimum atomic E-state index is -0.00213. The molecule has 2 heteroatoms. The lowest BCUT2D eigenvalue weighted by Gasteiger charge is -2.29. The maximum atomic E-state index is 6.11. The fraction of sp³-hybridized carbons (Fsp3) is 0.684. The standard InChI is InChI=1S/C19H33NO/c1-17(2,3)14-9-10-16(15(11-14)18(4,5)6)21-13-19(7,8)12-20/h9-11H,12-13,20H2,1-8H3. The molecule has 0 atom stereocenters. The Morgan fingerprint density at radius 3 is 1.90 bits per heavy atom. The summed E-state index contributed by atoms with van der Waals surface area (Å²) < 4.78 is 6.11. The fourth-order valence-electron chi connectivity index (χ4n) is 2.04. The molecule has 2 nitrogen and oxygen atoms in total. The van der Waals surface area contributed by atoms with E-state index in [4.69, 9.17) is 10.5 Å². The zero-order valence-corrected chi connectivity index (χ0v) is 15.1. The Bertz CT molecular complexity index is 475. The predicted octanol–water partition coefficient (Wildman–Crippen LogP) is 4.65. The lowest BCUT2D eigenvalue weighted by Crippen LogP contribution is -2.30. The Kier molecular flexibility index (Phi) is 5.15. The van der Waals surface area contributed by atoms with Crippen LogP contribution in [0, 0.1) is 5.41 Å². The molecule has 0 aromatic heterocycles. The maximum Gasteiger partial charge on any atom is 0.123 e. The molecule has 0 amide bonds. The molecule has 1 rings (SSSR count). The Morgan fingerprint density at radius 1 is 0.905 bits per heavy atom. The van der Waals surface area contributed by atoms with Crippen LogP contribution in [0.4, 0.5) is 0 Å². The minimum absolute atomic E-state index is 0.00213. The largest absolute Gasteiger partial charge is 0.493 e. The van der Waals surface area contributed by atoms with Crippen molar-refractivity contribution in [1.29, 1.82) is 0 Å². The summed E-state index contributed by atoms with van der Waals surface area (Å²) in [5.74, 6) is 0.983. The van der Waals surface area contributed by atoms with E-state index in [1.807, 2.05) is 0 Å². The molecule has 0 aliphatic heterocycles. The van der Waals surface area contributed by atoms with Crippen LogP contribution in [0.2, 0.25) is 0 Å². The van der Waals surface area contributed by atoms with Gasteiger partial charge in [0, 0.05) is 12.0 Å². The van der Waals surface area contributed by atoms with E-state index >= 15 is 0 Å². The molecule has 120 valence electrons. The van der Waals surface area contributed by atoms with Crippen LogP contribution >= 0.6 is 0 Å². The summed E-state index contributed by atoms with van der Waals surface area (Å²) in [6, 6.07) is 6.60. The van der Waals surface area contributed by atoms with Crippen molar-refractivity contribution >= 4 is 0 Å². The van der Waals surface area contributed by atoms with Crippen LogP contribution in [0.3, 0.4) is 0 Å². The molecule has 1 aromatic carbocycles. The fourth-order valence-corrected chi connectivity index (χ4v) is 2.04. The summed E-state index contributed by atoms with van der Waals surface area (Å²) >= 11 is 0. The highest BCUT2D eigenvalue weighted by Gasteiger charge is 2.24. The molecular weight excluding hydrogens is 258 g/mol. The van der Waals surface area contributed by atoms with Crippen LogP contribution in [0.1, 0.15) is 66.5 Å². The molecule has 1 aromatic rings. The molecule has 0 aliphatic rings. The number of nitrogens with two attached hydrogens (primary N) is 1. The van der Waals surface area contributed by atoms with Gasteiger partial charge < -0.3 is 10.5 Å². The number of benzene rings is 1. The molecular formula is C19H33NO. The van der Waals surface area contributed by atoms with E-state index in [-0.39, 0.29) is 16.2 Å². The first-order valence-electron chi connectivity index (χ1n) is 7.85. The van der Waals surface area contributed by atoms with Gasteiger partial charge in [0.1, 0.15) is 5.75 Å². The zero-order valence-electron chi connectivity index (χ0n) is 15.1. The second kappa shape index (κ2) is 6.00. The molecule has 0 aliphatic carbocycles. The smallest absolute Gasteiger partial charge is 0.123 e. The molecule has 0 bridgehead atoms. The first-order chi connectivity index (χ1) is 9.37. The summed E-state index contributed by atoms with van der Waals surface area (Å²) in [4.78, 5) is 0. The van der Waals surface area contributed by atoms with Crippen molar-refractivity contribution in [2.24, 2.45) is 11.1 Å². The molecule has 0 unspecified atom stereocenters. The van der Waals surface area contributed by atoms with E-state index in [1.165, 1.54) is 11.1 Å². The molecule has 0 saturated heterocycles. The van der Waals surface area contributed by atoms with Crippen LogP contribution in [0.15, 0.2) is 18.2 Å². The summed E-state index contributed by atoms with van der Waals surface area (Å²) in [6.07, 6.45) is 0. The van der Waals surface area contributed by atoms with E-state index < -0.39 is 0 Å². The first-order valence-corrected chi connectivity index (χ1v) is 7.85. The van der Waals surface area contributed by atoms with Crippen LogP contribution in [-0.2, 0) is 10.8 Å². The Labute approximate surface area is 131 Å². The van der Waals surface area contributed by atoms with E-state index in [0.29, 0.717) is 13.2 Å². The van der Waals surface area contributed by atoms with Gasteiger partial charge in [-0.15, -0.1) is 0 Å². The van der Waals surface area contributed by atoms with Gasteiger partial charge in [0.2, 0.25) is 0 Å². The van der Waals surface area contributed by atoms with Gasteiger partial charge in [-0.3, -0.25) is 0 Å². The minimum Gasteiger partial charge on any atom is -0.493 e. The topological polar surface area (TPSA) is 35.2 Å². The number of hydrogen-bond donors (Lipinski definition) is 1. The lowest BCUT2D eigenvalue weighted by molar-refractivity contribution is 0.184. The van der Waals surface area contributed by atoms with Crippen molar-refractivity contribution in [3.8, 4) is 5.75 Å². The quantitative estimate of drug-likeness (QED) is 0.876. The second-order valence-corrected chi connectivity index (χ2v) is 8.87. The molecule has 0 saturated carbocycles. The van der Waals surface area contributed by atoms with Crippen LogP contribution in [-0.4, -0.2) is 13.2 Å². The molecule has 0 spiro atoms. The Morgan fingerprint density at radius 2 is 1.48 bits per heavy atom. The van der Waals surface area contributed by atoms with E-state index in [2.05, 4.69) is 73.6 Å². The first kappa shape index (κ1) is 18.0. The third kappa shape index (κ3) is 5.03. The third-order valence-corrected chi connectivity index (χ3v) is 3.82. The van der Waals surface area contributed by atoms with Crippen molar-refractivity contribution in [2.45, 2.75) is 66.2 Å². The average molecular weight is 291 g/mol. The highest BCUT2D eigenvalue weighted by Crippen LogP contribution is 2.36.